The summed E-state index contributed by atoms with van der Waals surface area (Å²) < 4.78 is 5.42. The molecular formula is C11H16O3S2. The lowest BCUT2D eigenvalue weighted by molar-refractivity contribution is 0.0702. The highest BCUT2D eigenvalue weighted by Gasteiger charge is 2.06. The Kier molecular flexibility index (Phi) is 6.52. The monoisotopic (exact) mass is 260 g/mol. The number of carbonyl (C=O) groups is 1. The van der Waals surface area contributed by atoms with Gasteiger partial charge in [0.25, 0.3) is 0 Å². The molecule has 0 aliphatic rings. The largest absolute Gasteiger partial charge is 0.477 e. The van der Waals surface area contributed by atoms with Crippen LogP contribution in [0.4, 0.5) is 0 Å². The quantitative estimate of drug-likeness (QED) is 0.575. The SMILES string of the molecule is CCCCOCCSc1csc(C(=O)O)c1. The van der Waals surface area contributed by atoms with Gasteiger partial charge in [-0.1, -0.05) is 13.3 Å². The molecule has 1 aromatic rings. The minimum atomic E-state index is -0.851. The summed E-state index contributed by atoms with van der Waals surface area (Å²) in [5, 5.41) is 10.6. The Labute approximate surface area is 104 Å². The molecule has 0 unspecified atom stereocenters. The predicted octanol–water partition coefficient (Wildman–Crippen LogP) is 3.36. The van der Waals surface area contributed by atoms with Crippen LogP contribution in [0.25, 0.3) is 0 Å². The zero-order valence-corrected chi connectivity index (χ0v) is 10.9. The Balaban J connectivity index is 2.14. The second-order valence-electron chi connectivity index (χ2n) is 3.27. The van der Waals surface area contributed by atoms with Crippen molar-refractivity contribution in [3.05, 3.63) is 16.3 Å². The fourth-order valence-corrected chi connectivity index (χ4v) is 2.81. The van der Waals surface area contributed by atoms with Crippen molar-refractivity contribution in [2.45, 2.75) is 24.7 Å². The van der Waals surface area contributed by atoms with Crippen LogP contribution >= 0.6 is 23.1 Å². The predicted molar refractivity (Wildman–Crippen MR) is 67.7 cm³/mol. The molecule has 0 radical (unpaired) electrons. The molecule has 0 atom stereocenters. The van der Waals surface area contributed by atoms with Gasteiger partial charge in [-0.15, -0.1) is 23.1 Å². The number of carboxylic acids is 1. The summed E-state index contributed by atoms with van der Waals surface area (Å²) in [4.78, 5) is 12.1. The molecule has 1 heterocycles. The first-order valence-corrected chi connectivity index (χ1v) is 7.13. The van der Waals surface area contributed by atoms with Crippen LogP contribution in [0.5, 0.6) is 0 Å². The molecule has 0 fully saturated rings. The number of thioether (sulfide) groups is 1. The first kappa shape index (κ1) is 13.5. The van der Waals surface area contributed by atoms with Gasteiger partial charge < -0.3 is 9.84 Å². The molecule has 1 N–H and O–H groups in total. The maximum Gasteiger partial charge on any atom is 0.345 e. The summed E-state index contributed by atoms with van der Waals surface area (Å²) in [5.74, 6) is 0.0236. The highest BCUT2D eigenvalue weighted by Crippen LogP contribution is 2.24. The summed E-state index contributed by atoms with van der Waals surface area (Å²) in [5.41, 5.74) is 0. The van der Waals surface area contributed by atoms with Gasteiger partial charge in [-0.3, -0.25) is 0 Å². The van der Waals surface area contributed by atoms with E-state index < -0.39 is 5.97 Å². The molecule has 0 saturated heterocycles. The molecule has 0 aromatic carbocycles. The number of carboxylic acid groups (broad SMARTS) is 1. The smallest absolute Gasteiger partial charge is 0.345 e. The molecule has 1 rings (SSSR count). The van der Waals surface area contributed by atoms with Gasteiger partial charge in [0.15, 0.2) is 0 Å². The van der Waals surface area contributed by atoms with E-state index in [0.29, 0.717) is 4.88 Å². The van der Waals surface area contributed by atoms with Crippen molar-refractivity contribution in [1.29, 1.82) is 0 Å². The molecule has 3 nitrogen and oxygen atoms in total. The molecule has 0 aliphatic carbocycles. The average Bonchev–Trinajstić information content (AvgIpc) is 2.72. The molecule has 1 aromatic heterocycles. The fourth-order valence-electron chi connectivity index (χ4n) is 1.07. The van der Waals surface area contributed by atoms with Crippen molar-refractivity contribution >= 4 is 29.1 Å². The zero-order valence-electron chi connectivity index (χ0n) is 9.27. The van der Waals surface area contributed by atoms with Gasteiger partial charge in [-0.25, -0.2) is 4.79 Å². The van der Waals surface area contributed by atoms with Gasteiger partial charge in [0, 0.05) is 22.6 Å². The average molecular weight is 260 g/mol. The maximum absolute atomic E-state index is 10.6. The van der Waals surface area contributed by atoms with Crippen molar-refractivity contribution in [2.75, 3.05) is 19.0 Å². The normalized spacial score (nSPS) is 10.6. The van der Waals surface area contributed by atoms with Gasteiger partial charge in [-0.2, -0.15) is 0 Å². The van der Waals surface area contributed by atoms with Crippen LogP contribution in [-0.4, -0.2) is 30.0 Å². The third kappa shape index (κ3) is 5.01. The van der Waals surface area contributed by atoms with Crippen molar-refractivity contribution in [3.63, 3.8) is 0 Å². The molecule has 0 amide bonds. The molecule has 0 spiro atoms. The number of hydrogen-bond donors (Lipinski definition) is 1. The van der Waals surface area contributed by atoms with E-state index in [1.807, 2.05) is 5.38 Å². The van der Waals surface area contributed by atoms with E-state index in [-0.39, 0.29) is 0 Å². The molecule has 0 aliphatic heterocycles. The Bertz CT molecular complexity index is 323. The molecule has 90 valence electrons. The number of hydrogen-bond acceptors (Lipinski definition) is 4. The van der Waals surface area contributed by atoms with Crippen LogP contribution in [0.3, 0.4) is 0 Å². The van der Waals surface area contributed by atoms with Crippen molar-refractivity contribution in [3.8, 4) is 0 Å². The van der Waals surface area contributed by atoms with Gasteiger partial charge in [0.1, 0.15) is 4.88 Å². The minimum absolute atomic E-state index is 0.398. The number of rotatable bonds is 8. The number of aromatic carboxylic acids is 1. The highest BCUT2D eigenvalue weighted by molar-refractivity contribution is 7.99. The van der Waals surface area contributed by atoms with Crippen molar-refractivity contribution in [2.24, 2.45) is 0 Å². The first-order valence-electron chi connectivity index (χ1n) is 5.26. The lowest BCUT2D eigenvalue weighted by atomic mass is 10.4. The van der Waals surface area contributed by atoms with Crippen molar-refractivity contribution < 1.29 is 14.6 Å². The summed E-state index contributed by atoms with van der Waals surface area (Å²) in [6.07, 6.45) is 2.26. The van der Waals surface area contributed by atoms with Crippen LogP contribution in [0, 0.1) is 0 Å². The number of ether oxygens (including phenoxy) is 1. The Morgan fingerprint density at radius 1 is 1.56 bits per heavy atom. The number of unbranched alkanes of at least 4 members (excludes halogenated alkanes) is 1. The summed E-state index contributed by atoms with van der Waals surface area (Å²) in [6.45, 7) is 3.68. The highest BCUT2D eigenvalue weighted by atomic mass is 32.2. The molecule has 16 heavy (non-hydrogen) atoms. The fraction of sp³-hybridized carbons (Fsp3) is 0.545. The number of thiophene rings is 1. The van der Waals surface area contributed by atoms with E-state index in [0.717, 1.165) is 36.7 Å². The molecule has 0 bridgehead atoms. The molecule has 5 heteroatoms. The lowest BCUT2D eigenvalue weighted by Gasteiger charge is -2.01. The maximum atomic E-state index is 10.6. The standard InChI is InChI=1S/C11H16O3S2/c1-2-3-4-14-5-6-15-9-7-10(11(12)13)16-8-9/h7-8H,2-6H2,1H3,(H,12,13). The van der Waals surface area contributed by atoms with E-state index in [9.17, 15) is 4.79 Å². The second-order valence-corrected chi connectivity index (χ2v) is 5.35. The van der Waals surface area contributed by atoms with Crippen molar-refractivity contribution in [1.82, 2.24) is 0 Å². The van der Waals surface area contributed by atoms with Crippen LogP contribution < -0.4 is 0 Å². The third-order valence-electron chi connectivity index (χ3n) is 1.92. The minimum Gasteiger partial charge on any atom is -0.477 e. The summed E-state index contributed by atoms with van der Waals surface area (Å²) >= 11 is 2.91. The topological polar surface area (TPSA) is 46.5 Å². The summed E-state index contributed by atoms with van der Waals surface area (Å²) in [6, 6.07) is 1.71. The Morgan fingerprint density at radius 2 is 2.38 bits per heavy atom. The van der Waals surface area contributed by atoms with E-state index in [2.05, 4.69) is 6.92 Å². The van der Waals surface area contributed by atoms with Gasteiger partial charge in [0.2, 0.25) is 0 Å². The van der Waals surface area contributed by atoms with Crippen LogP contribution in [0.2, 0.25) is 0 Å². The Morgan fingerprint density at radius 3 is 3.00 bits per heavy atom. The molecular weight excluding hydrogens is 244 g/mol. The van der Waals surface area contributed by atoms with Gasteiger partial charge >= 0.3 is 5.97 Å². The van der Waals surface area contributed by atoms with E-state index in [1.54, 1.807) is 17.8 Å². The van der Waals surface area contributed by atoms with E-state index in [4.69, 9.17) is 9.84 Å². The third-order valence-corrected chi connectivity index (χ3v) is 3.93. The Hall–Kier alpha value is -0.520. The van der Waals surface area contributed by atoms with Gasteiger partial charge in [-0.05, 0) is 12.5 Å². The van der Waals surface area contributed by atoms with Gasteiger partial charge in [0.05, 0.1) is 6.61 Å². The van der Waals surface area contributed by atoms with E-state index in [1.165, 1.54) is 11.3 Å². The second kappa shape index (κ2) is 7.70. The molecule has 0 saturated carbocycles. The zero-order chi connectivity index (χ0) is 11.8. The van der Waals surface area contributed by atoms with E-state index >= 15 is 0 Å². The van der Waals surface area contributed by atoms with Crippen LogP contribution in [0.15, 0.2) is 16.3 Å². The van der Waals surface area contributed by atoms with Crippen LogP contribution in [0.1, 0.15) is 29.4 Å². The van der Waals surface area contributed by atoms with Crippen LogP contribution in [-0.2, 0) is 4.74 Å². The lowest BCUT2D eigenvalue weighted by Crippen LogP contribution is -1.98. The first-order chi connectivity index (χ1) is 7.74. The summed E-state index contributed by atoms with van der Waals surface area (Å²) in [7, 11) is 0.